The summed E-state index contributed by atoms with van der Waals surface area (Å²) in [5.74, 6) is 2.74. The minimum atomic E-state index is 0.153. The third-order valence-electron chi connectivity index (χ3n) is 2.10. The van der Waals surface area contributed by atoms with Crippen molar-refractivity contribution in [2.24, 2.45) is 0 Å². The van der Waals surface area contributed by atoms with E-state index < -0.39 is 0 Å². The third kappa shape index (κ3) is 4.46. The highest BCUT2D eigenvalue weighted by Crippen LogP contribution is 2.07. The Morgan fingerprint density at radius 1 is 1.60 bits per heavy atom. The maximum absolute atomic E-state index is 5.41. The van der Waals surface area contributed by atoms with E-state index in [0.717, 1.165) is 29.6 Å². The quantitative estimate of drug-likeness (QED) is 0.830. The van der Waals surface area contributed by atoms with Crippen LogP contribution < -0.4 is 5.32 Å². The molecule has 3 heteroatoms. The molecule has 0 aliphatic rings. The van der Waals surface area contributed by atoms with Crippen LogP contribution in [0.25, 0.3) is 0 Å². The molecule has 0 amide bonds. The zero-order valence-electron chi connectivity index (χ0n) is 8.83. The molecule has 15 heavy (non-hydrogen) atoms. The first-order valence-corrected chi connectivity index (χ1v) is 5.85. The molecule has 80 valence electrons. The summed E-state index contributed by atoms with van der Waals surface area (Å²) < 4.78 is 0.994. The van der Waals surface area contributed by atoms with Gasteiger partial charge < -0.3 is 0 Å². The summed E-state index contributed by atoms with van der Waals surface area (Å²) in [5.41, 5.74) is 1.01. The molecule has 0 aliphatic carbocycles. The number of rotatable bonds is 5. The molecule has 0 spiro atoms. The van der Waals surface area contributed by atoms with E-state index in [0.29, 0.717) is 0 Å². The molecule has 0 fully saturated rings. The summed E-state index contributed by atoms with van der Waals surface area (Å²) in [6.07, 6.45) is 9.30. The fourth-order valence-corrected chi connectivity index (χ4v) is 1.51. The van der Waals surface area contributed by atoms with Crippen LogP contribution in [0.5, 0.6) is 0 Å². The highest BCUT2D eigenvalue weighted by atomic mass is 79.9. The SMILES string of the molecule is C#CC(CCC)NCc1ccc(Br)cn1. The van der Waals surface area contributed by atoms with Gasteiger partial charge in [-0.3, -0.25) is 10.3 Å². The summed E-state index contributed by atoms with van der Waals surface area (Å²) in [5, 5.41) is 3.29. The predicted molar refractivity (Wildman–Crippen MR) is 66.3 cm³/mol. The molecule has 1 rings (SSSR count). The van der Waals surface area contributed by atoms with Crippen molar-refractivity contribution in [3.63, 3.8) is 0 Å². The van der Waals surface area contributed by atoms with Crippen LogP contribution >= 0.6 is 15.9 Å². The number of nitrogens with zero attached hydrogens (tertiary/aromatic N) is 1. The topological polar surface area (TPSA) is 24.9 Å². The molecular formula is C12H15BrN2. The molecule has 0 aromatic carbocycles. The van der Waals surface area contributed by atoms with Crippen molar-refractivity contribution in [2.75, 3.05) is 0 Å². The number of nitrogens with one attached hydrogen (secondary N) is 1. The van der Waals surface area contributed by atoms with Gasteiger partial charge in [-0.1, -0.05) is 19.3 Å². The molecule has 2 nitrogen and oxygen atoms in total. The second-order valence-electron chi connectivity index (χ2n) is 3.36. The first kappa shape index (κ1) is 12.2. The van der Waals surface area contributed by atoms with Gasteiger partial charge in [-0.2, -0.15) is 0 Å². The monoisotopic (exact) mass is 266 g/mol. The molecule has 0 bridgehead atoms. The van der Waals surface area contributed by atoms with Gasteiger partial charge >= 0.3 is 0 Å². The molecule has 1 aromatic heterocycles. The van der Waals surface area contributed by atoms with Crippen LogP contribution in [0.1, 0.15) is 25.5 Å². The minimum absolute atomic E-state index is 0.153. The summed E-state index contributed by atoms with van der Waals surface area (Å²) in [6, 6.07) is 4.12. The standard InChI is InChI=1S/C12H15BrN2/c1-3-5-11(4-2)15-9-12-7-6-10(13)8-14-12/h2,6-8,11,15H,3,5,9H2,1H3. The number of pyridine rings is 1. The molecule has 1 heterocycles. The van der Waals surface area contributed by atoms with Gasteiger partial charge in [0.15, 0.2) is 0 Å². The van der Waals surface area contributed by atoms with Crippen LogP contribution in [-0.4, -0.2) is 11.0 Å². The Morgan fingerprint density at radius 2 is 2.40 bits per heavy atom. The molecule has 1 atom stereocenters. The lowest BCUT2D eigenvalue weighted by atomic mass is 10.2. The second kappa shape index (κ2) is 6.60. The number of hydrogen-bond donors (Lipinski definition) is 1. The van der Waals surface area contributed by atoms with Gasteiger partial charge in [0.1, 0.15) is 0 Å². The Balaban J connectivity index is 2.42. The van der Waals surface area contributed by atoms with Crippen LogP contribution in [0.2, 0.25) is 0 Å². The van der Waals surface area contributed by atoms with Crippen molar-refractivity contribution in [1.29, 1.82) is 0 Å². The average molecular weight is 267 g/mol. The van der Waals surface area contributed by atoms with Crippen molar-refractivity contribution < 1.29 is 0 Å². The van der Waals surface area contributed by atoms with Gasteiger partial charge in [0.2, 0.25) is 0 Å². The van der Waals surface area contributed by atoms with Crippen LogP contribution in [0.4, 0.5) is 0 Å². The third-order valence-corrected chi connectivity index (χ3v) is 2.57. The maximum Gasteiger partial charge on any atom is 0.0689 e. The molecule has 0 saturated carbocycles. The van der Waals surface area contributed by atoms with Gasteiger partial charge in [-0.15, -0.1) is 6.42 Å². The Morgan fingerprint density at radius 3 is 2.93 bits per heavy atom. The van der Waals surface area contributed by atoms with E-state index in [9.17, 15) is 0 Å². The van der Waals surface area contributed by atoms with E-state index in [4.69, 9.17) is 6.42 Å². The highest BCUT2D eigenvalue weighted by Gasteiger charge is 2.02. The summed E-state index contributed by atoms with van der Waals surface area (Å²) in [7, 11) is 0. The molecule has 1 N–H and O–H groups in total. The minimum Gasteiger partial charge on any atom is -0.298 e. The van der Waals surface area contributed by atoms with E-state index in [-0.39, 0.29) is 6.04 Å². The number of hydrogen-bond acceptors (Lipinski definition) is 2. The molecule has 1 aromatic rings. The zero-order chi connectivity index (χ0) is 11.1. The van der Waals surface area contributed by atoms with E-state index in [1.54, 1.807) is 6.20 Å². The Bertz CT molecular complexity index is 326. The molecule has 0 saturated heterocycles. The van der Waals surface area contributed by atoms with Crippen LogP contribution in [0.3, 0.4) is 0 Å². The first-order chi connectivity index (χ1) is 7.26. The molecule has 0 radical (unpaired) electrons. The van der Waals surface area contributed by atoms with Crippen molar-refractivity contribution in [1.82, 2.24) is 10.3 Å². The van der Waals surface area contributed by atoms with Gasteiger partial charge in [0.05, 0.1) is 11.7 Å². The van der Waals surface area contributed by atoms with Crippen molar-refractivity contribution >= 4 is 15.9 Å². The van der Waals surface area contributed by atoms with Gasteiger partial charge in [-0.25, -0.2) is 0 Å². The fraction of sp³-hybridized carbons (Fsp3) is 0.417. The lowest BCUT2D eigenvalue weighted by molar-refractivity contribution is 0.557. The lowest BCUT2D eigenvalue weighted by Gasteiger charge is -2.11. The summed E-state index contributed by atoms with van der Waals surface area (Å²) in [6.45, 7) is 2.85. The largest absolute Gasteiger partial charge is 0.298 e. The maximum atomic E-state index is 5.41. The van der Waals surface area contributed by atoms with Gasteiger partial charge in [0.25, 0.3) is 0 Å². The normalized spacial score (nSPS) is 12.1. The van der Waals surface area contributed by atoms with Crippen LogP contribution in [0, 0.1) is 12.3 Å². The van der Waals surface area contributed by atoms with Gasteiger partial charge in [-0.05, 0) is 34.5 Å². The Kier molecular flexibility index (Phi) is 5.38. The molecule has 1 unspecified atom stereocenters. The van der Waals surface area contributed by atoms with E-state index in [1.165, 1.54) is 0 Å². The van der Waals surface area contributed by atoms with E-state index >= 15 is 0 Å². The number of aromatic nitrogens is 1. The summed E-state index contributed by atoms with van der Waals surface area (Å²) >= 11 is 3.35. The zero-order valence-corrected chi connectivity index (χ0v) is 10.4. The summed E-state index contributed by atoms with van der Waals surface area (Å²) in [4.78, 5) is 4.27. The first-order valence-electron chi connectivity index (χ1n) is 5.06. The fourth-order valence-electron chi connectivity index (χ4n) is 1.27. The van der Waals surface area contributed by atoms with Crippen LogP contribution in [0.15, 0.2) is 22.8 Å². The average Bonchev–Trinajstić information content (AvgIpc) is 2.26. The number of terminal acetylenes is 1. The lowest BCUT2D eigenvalue weighted by Crippen LogP contribution is -2.27. The Hall–Kier alpha value is -0.850. The van der Waals surface area contributed by atoms with Crippen molar-refractivity contribution in [2.45, 2.75) is 32.4 Å². The van der Waals surface area contributed by atoms with Gasteiger partial charge in [0, 0.05) is 17.2 Å². The molecule has 0 aliphatic heterocycles. The van der Waals surface area contributed by atoms with Crippen molar-refractivity contribution in [3.05, 3.63) is 28.5 Å². The van der Waals surface area contributed by atoms with Crippen LogP contribution in [-0.2, 0) is 6.54 Å². The van der Waals surface area contributed by atoms with E-state index in [2.05, 4.69) is 39.1 Å². The van der Waals surface area contributed by atoms with E-state index in [1.807, 2.05) is 12.1 Å². The molecular weight excluding hydrogens is 252 g/mol. The second-order valence-corrected chi connectivity index (χ2v) is 4.27. The smallest absolute Gasteiger partial charge is 0.0689 e. The highest BCUT2D eigenvalue weighted by molar-refractivity contribution is 9.10. The Labute approximate surface area is 99.6 Å². The van der Waals surface area contributed by atoms with Crippen molar-refractivity contribution in [3.8, 4) is 12.3 Å². The predicted octanol–water partition coefficient (Wildman–Crippen LogP) is 2.74. The number of halogens is 1.